The van der Waals surface area contributed by atoms with Crippen LogP contribution in [0, 0.1) is 6.92 Å². The van der Waals surface area contributed by atoms with Crippen molar-refractivity contribution in [1.29, 1.82) is 0 Å². The summed E-state index contributed by atoms with van der Waals surface area (Å²) in [7, 11) is 0. The minimum atomic E-state index is -0.197. The Morgan fingerprint density at radius 2 is 2.18 bits per heavy atom. The van der Waals surface area contributed by atoms with Crippen LogP contribution in [0.2, 0.25) is 0 Å². The number of furan rings is 1. The van der Waals surface area contributed by atoms with Crippen LogP contribution in [0.1, 0.15) is 24.3 Å². The molecule has 0 spiro atoms. The van der Waals surface area contributed by atoms with Crippen LogP contribution in [0.15, 0.2) is 41.3 Å². The second-order valence-corrected chi connectivity index (χ2v) is 4.02. The molecule has 0 saturated heterocycles. The molecule has 0 unspecified atom stereocenters. The van der Waals surface area contributed by atoms with Gasteiger partial charge in [0.15, 0.2) is 0 Å². The largest absolute Gasteiger partial charge is 0.459 e. The molecule has 0 aliphatic carbocycles. The number of fused-ring (bicyclic) bond motifs is 1. The summed E-state index contributed by atoms with van der Waals surface area (Å²) in [5, 5.41) is 3.88. The smallest absolute Gasteiger partial charge is 0.243 e. The van der Waals surface area contributed by atoms with Gasteiger partial charge in [-0.25, -0.2) is 0 Å². The van der Waals surface area contributed by atoms with E-state index < -0.39 is 0 Å². The van der Waals surface area contributed by atoms with Crippen LogP contribution in [0.4, 0.5) is 0 Å². The van der Waals surface area contributed by atoms with Gasteiger partial charge >= 0.3 is 0 Å². The normalized spacial score (nSPS) is 12.4. The first-order valence-electron chi connectivity index (χ1n) is 5.54. The molecule has 1 heterocycles. The average Bonchev–Trinajstić information content (AvgIpc) is 2.67. The van der Waals surface area contributed by atoms with Crippen molar-refractivity contribution in [3.05, 3.63) is 48.2 Å². The summed E-state index contributed by atoms with van der Waals surface area (Å²) >= 11 is 0. The number of nitrogens with one attached hydrogen (secondary N) is 1. The zero-order valence-corrected chi connectivity index (χ0v) is 9.99. The molecule has 2 rings (SSSR count). The lowest BCUT2D eigenvalue weighted by Crippen LogP contribution is -2.24. The first kappa shape index (κ1) is 11.5. The van der Waals surface area contributed by atoms with Crippen molar-refractivity contribution in [1.82, 2.24) is 5.32 Å². The molecule has 0 saturated carbocycles. The molecule has 0 fully saturated rings. The Hall–Kier alpha value is -2.03. The highest BCUT2D eigenvalue weighted by atomic mass is 16.3. The minimum Gasteiger partial charge on any atom is -0.459 e. The van der Waals surface area contributed by atoms with Gasteiger partial charge in [-0.2, -0.15) is 0 Å². The SMILES string of the molecule is C=CC(=O)N[C@H](C)c1oc2ccccc2c1C. The second-order valence-electron chi connectivity index (χ2n) is 4.02. The Morgan fingerprint density at radius 1 is 1.47 bits per heavy atom. The van der Waals surface area contributed by atoms with Gasteiger partial charge in [0, 0.05) is 10.9 Å². The van der Waals surface area contributed by atoms with Crippen LogP contribution in [-0.2, 0) is 4.79 Å². The van der Waals surface area contributed by atoms with E-state index >= 15 is 0 Å². The molecule has 3 nitrogen and oxygen atoms in total. The lowest BCUT2D eigenvalue weighted by Gasteiger charge is -2.10. The van der Waals surface area contributed by atoms with Gasteiger partial charge in [0.05, 0.1) is 6.04 Å². The highest BCUT2D eigenvalue weighted by molar-refractivity contribution is 5.87. The summed E-state index contributed by atoms with van der Waals surface area (Å²) in [6.45, 7) is 7.32. The Bertz CT molecular complexity index is 569. The van der Waals surface area contributed by atoms with E-state index in [9.17, 15) is 4.79 Å². The van der Waals surface area contributed by atoms with E-state index in [1.54, 1.807) is 0 Å². The molecule has 0 radical (unpaired) electrons. The lowest BCUT2D eigenvalue weighted by atomic mass is 10.1. The molecule has 1 amide bonds. The molecule has 1 atom stereocenters. The number of hydrogen-bond donors (Lipinski definition) is 1. The summed E-state index contributed by atoms with van der Waals surface area (Å²) in [5.41, 5.74) is 1.91. The average molecular weight is 229 g/mol. The van der Waals surface area contributed by atoms with E-state index in [1.807, 2.05) is 38.1 Å². The van der Waals surface area contributed by atoms with E-state index in [2.05, 4.69) is 11.9 Å². The van der Waals surface area contributed by atoms with Gasteiger partial charge in [-0.05, 0) is 26.0 Å². The van der Waals surface area contributed by atoms with E-state index in [0.717, 1.165) is 22.3 Å². The predicted octanol–water partition coefficient (Wildman–Crippen LogP) is 3.10. The first-order chi connectivity index (χ1) is 8.13. The molecule has 1 aromatic carbocycles. The zero-order valence-electron chi connectivity index (χ0n) is 9.99. The van der Waals surface area contributed by atoms with Crippen LogP contribution in [0.25, 0.3) is 11.0 Å². The van der Waals surface area contributed by atoms with Gasteiger partial charge in [0.2, 0.25) is 5.91 Å². The third-order valence-corrected chi connectivity index (χ3v) is 2.82. The molecule has 0 aliphatic rings. The fraction of sp³-hybridized carbons (Fsp3) is 0.214. The molecule has 3 heteroatoms. The summed E-state index contributed by atoms with van der Waals surface area (Å²) in [6.07, 6.45) is 1.26. The van der Waals surface area contributed by atoms with Crippen LogP contribution >= 0.6 is 0 Å². The Kier molecular flexibility index (Phi) is 3.00. The lowest BCUT2D eigenvalue weighted by molar-refractivity contribution is -0.117. The number of carbonyl (C=O) groups excluding carboxylic acids is 1. The Labute approximate surface area is 100 Å². The maximum atomic E-state index is 11.3. The van der Waals surface area contributed by atoms with Gasteiger partial charge in [0.25, 0.3) is 0 Å². The molecular formula is C14H15NO2. The molecular weight excluding hydrogens is 214 g/mol. The molecule has 88 valence electrons. The standard InChI is InChI=1S/C14H15NO2/c1-4-13(16)15-10(3)14-9(2)11-7-5-6-8-12(11)17-14/h4-8,10H,1H2,2-3H3,(H,15,16)/t10-/m1/s1. The van der Waals surface area contributed by atoms with E-state index in [-0.39, 0.29) is 11.9 Å². The van der Waals surface area contributed by atoms with Gasteiger partial charge < -0.3 is 9.73 Å². The molecule has 0 aliphatic heterocycles. The van der Waals surface area contributed by atoms with Crippen molar-refractivity contribution in [3.63, 3.8) is 0 Å². The highest BCUT2D eigenvalue weighted by Crippen LogP contribution is 2.28. The number of amides is 1. The Morgan fingerprint density at radius 3 is 2.82 bits per heavy atom. The van der Waals surface area contributed by atoms with Crippen molar-refractivity contribution in [3.8, 4) is 0 Å². The summed E-state index contributed by atoms with van der Waals surface area (Å²) < 4.78 is 5.76. The number of aryl methyl sites for hydroxylation is 1. The molecule has 1 aromatic heterocycles. The summed E-state index contributed by atoms with van der Waals surface area (Å²) in [5.74, 6) is 0.596. The van der Waals surface area contributed by atoms with Crippen LogP contribution in [0.3, 0.4) is 0 Å². The highest BCUT2D eigenvalue weighted by Gasteiger charge is 2.16. The van der Waals surface area contributed by atoms with E-state index in [4.69, 9.17) is 4.42 Å². The second kappa shape index (κ2) is 4.45. The third-order valence-electron chi connectivity index (χ3n) is 2.82. The number of hydrogen-bond acceptors (Lipinski definition) is 2. The fourth-order valence-corrected chi connectivity index (χ4v) is 1.94. The van der Waals surface area contributed by atoms with Gasteiger partial charge in [-0.15, -0.1) is 0 Å². The van der Waals surface area contributed by atoms with Crippen molar-refractivity contribution >= 4 is 16.9 Å². The van der Waals surface area contributed by atoms with Gasteiger partial charge in [-0.1, -0.05) is 24.8 Å². The quantitative estimate of drug-likeness (QED) is 0.822. The van der Waals surface area contributed by atoms with Crippen molar-refractivity contribution < 1.29 is 9.21 Å². The van der Waals surface area contributed by atoms with Gasteiger partial charge in [0.1, 0.15) is 11.3 Å². The third kappa shape index (κ3) is 2.09. The van der Waals surface area contributed by atoms with Crippen LogP contribution in [-0.4, -0.2) is 5.91 Å². The summed E-state index contributed by atoms with van der Waals surface area (Å²) in [4.78, 5) is 11.3. The molecule has 0 bridgehead atoms. The first-order valence-corrected chi connectivity index (χ1v) is 5.54. The van der Waals surface area contributed by atoms with Crippen LogP contribution in [0.5, 0.6) is 0 Å². The number of benzene rings is 1. The van der Waals surface area contributed by atoms with Crippen LogP contribution < -0.4 is 5.32 Å². The maximum absolute atomic E-state index is 11.3. The molecule has 1 N–H and O–H groups in total. The van der Waals surface area contributed by atoms with Crippen molar-refractivity contribution in [2.24, 2.45) is 0 Å². The topological polar surface area (TPSA) is 42.2 Å². The monoisotopic (exact) mass is 229 g/mol. The van der Waals surface area contributed by atoms with Crippen molar-refractivity contribution in [2.45, 2.75) is 19.9 Å². The number of carbonyl (C=O) groups is 1. The Balaban J connectivity index is 2.38. The van der Waals surface area contributed by atoms with Crippen molar-refractivity contribution in [2.75, 3.05) is 0 Å². The van der Waals surface area contributed by atoms with Gasteiger partial charge in [-0.3, -0.25) is 4.79 Å². The van der Waals surface area contributed by atoms with E-state index in [0.29, 0.717) is 0 Å². The minimum absolute atomic E-state index is 0.159. The summed E-state index contributed by atoms with van der Waals surface area (Å²) in [6, 6.07) is 7.69. The molecule has 17 heavy (non-hydrogen) atoms. The fourth-order valence-electron chi connectivity index (χ4n) is 1.94. The predicted molar refractivity (Wildman–Crippen MR) is 67.7 cm³/mol. The maximum Gasteiger partial charge on any atom is 0.243 e. The number of rotatable bonds is 3. The van der Waals surface area contributed by atoms with E-state index in [1.165, 1.54) is 6.08 Å². The zero-order chi connectivity index (χ0) is 12.4. The molecule has 2 aromatic rings. The number of para-hydroxylation sites is 1.